The van der Waals surface area contributed by atoms with Crippen molar-refractivity contribution in [2.75, 3.05) is 12.4 Å². The van der Waals surface area contributed by atoms with Crippen LogP contribution in [-0.2, 0) is 4.79 Å². The SMILES string of the molecule is CC[C@H](C)[C@H](C(=O)Nc1cc([N+](=O)[O-])ccc1OC)c1ccccc1. The summed E-state index contributed by atoms with van der Waals surface area (Å²) in [5.74, 6) is -0.0588. The van der Waals surface area contributed by atoms with Crippen molar-refractivity contribution in [1.29, 1.82) is 0 Å². The number of non-ortho nitro benzene ring substituents is 1. The molecule has 0 bridgehead atoms. The summed E-state index contributed by atoms with van der Waals surface area (Å²) in [7, 11) is 1.46. The third kappa shape index (κ3) is 4.35. The zero-order valence-corrected chi connectivity index (χ0v) is 14.6. The Bertz CT molecular complexity index is 746. The fourth-order valence-electron chi connectivity index (χ4n) is 2.75. The lowest BCUT2D eigenvalue weighted by Crippen LogP contribution is -2.26. The third-order valence-corrected chi connectivity index (χ3v) is 4.31. The van der Waals surface area contributed by atoms with Gasteiger partial charge in [0, 0.05) is 12.1 Å². The minimum absolute atomic E-state index is 0.101. The monoisotopic (exact) mass is 342 g/mol. The minimum atomic E-state index is -0.502. The topological polar surface area (TPSA) is 81.5 Å². The highest BCUT2D eigenvalue weighted by Gasteiger charge is 2.27. The number of nitro groups is 1. The van der Waals surface area contributed by atoms with Crippen LogP contribution in [0.1, 0.15) is 31.7 Å². The summed E-state index contributed by atoms with van der Waals surface area (Å²) in [6, 6.07) is 13.7. The van der Waals surface area contributed by atoms with Gasteiger partial charge in [0.05, 0.1) is 23.6 Å². The van der Waals surface area contributed by atoms with E-state index in [9.17, 15) is 14.9 Å². The summed E-state index contributed by atoms with van der Waals surface area (Å²) in [6.07, 6.45) is 0.832. The van der Waals surface area contributed by atoms with Crippen LogP contribution in [0.2, 0.25) is 0 Å². The number of amides is 1. The van der Waals surface area contributed by atoms with E-state index in [-0.39, 0.29) is 23.4 Å². The second-order valence-corrected chi connectivity index (χ2v) is 5.90. The molecular weight excluding hydrogens is 320 g/mol. The Morgan fingerprint density at radius 1 is 1.24 bits per heavy atom. The molecule has 1 N–H and O–H groups in total. The number of methoxy groups -OCH3 is 1. The van der Waals surface area contributed by atoms with Gasteiger partial charge in [-0.25, -0.2) is 0 Å². The average Bonchev–Trinajstić information content (AvgIpc) is 2.62. The van der Waals surface area contributed by atoms with Gasteiger partial charge < -0.3 is 10.1 Å². The van der Waals surface area contributed by atoms with E-state index >= 15 is 0 Å². The first-order valence-corrected chi connectivity index (χ1v) is 8.16. The van der Waals surface area contributed by atoms with Gasteiger partial charge in [-0.1, -0.05) is 50.6 Å². The van der Waals surface area contributed by atoms with E-state index in [2.05, 4.69) is 5.32 Å². The Balaban J connectivity index is 2.35. The summed E-state index contributed by atoms with van der Waals surface area (Å²) in [6.45, 7) is 4.05. The number of hydrogen-bond acceptors (Lipinski definition) is 4. The molecule has 25 heavy (non-hydrogen) atoms. The Morgan fingerprint density at radius 2 is 1.92 bits per heavy atom. The largest absolute Gasteiger partial charge is 0.495 e. The molecule has 0 aliphatic carbocycles. The second-order valence-electron chi connectivity index (χ2n) is 5.90. The lowest BCUT2D eigenvalue weighted by Gasteiger charge is -2.23. The Kier molecular flexibility index (Phi) is 6.11. The Morgan fingerprint density at radius 3 is 2.48 bits per heavy atom. The van der Waals surface area contributed by atoms with E-state index in [0.717, 1.165) is 12.0 Å². The predicted molar refractivity (Wildman–Crippen MR) is 96.9 cm³/mol. The molecule has 2 aromatic carbocycles. The second kappa shape index (κ2) is 8.28. The molecule has 0 aliphatic heterocycles. The summed E-state index contributed by atoms with van der Waals surface area (Å²) in [5.41, 5.74) is 1.11. The van der Waals surface area contributed by atoms with Gasteiger partial charge in [-0.3, -0.25) is 14.9 Å². The van der Waals surface area contributed by atoms with E-state index < -0.39 is 4.92 Å². The zero-order chi connectivity index (χ0) is 18.4. The highest BCUT2D eigenvalue weighted by molar-refractivity contribution is 5.97. The number of hydrogen-bond donors (Lipinski definition) is 1. The van der Waals surface area contributed by atoms with Crippen LogP contribution in [0.4, 0.5) is 11.4 Å². The summed E-state index contributed by atoms with van der Waals surface area (Å²) in [4.78, 5) is 23.4. The predicted octanol–water partition coefficient (Wildman–Crippen LogP) is 4.37. The van der Waals surface area contributed by atoms with Crippen LogP contribution in [-0.4, -0.2) is 17.9 Å². The first-order chi connectivity index (χ1) is 12.0. The van der Waals surface area contributed by atoms with Crippen LogP contribution in [0.15, 0.2) is 48.5 Å². The molecule has 6 heteroatoms. The molecular formula is C19H22N2O4. The van der Waals surface area contributed by atoms with Crippen molar-refractivity contribution in [3.05, 3.63) is 64.2 Å². The van der Waals surface area contributed by atoms with Crippen molar-refractivity contribution in [3.63, 3.8) is 0 Å². The number of nitrogens with zero attached hydrogens (tertiary/aromatic N) is 1. The van der Waals surface area contributed by atoms with Gasteiger partial charge in [-0.05, 0) is 17.5 Å². The number of carbonyl (C=O) groups excluding carboxylic acids is 1. The Hall–Kier alpha value is -2.89. The van der Waals surface area contributed by atoms with E-state index in [1.807, 2.05) is 44.2 Å². The highest BCUT2D eigenvalue weighted by atomic mass is 16.6. The van der Waals surface area contributed by atoms with Crippen molar-refractivity contribution in [2.45, 2.75) is 26.2 Å². The molecule has 0 unspecified atom stereocenters. The first-order valence-electron chi connectivity index (χ1n) is 8.16. The van der Waals surface area contributed by atoms with Crippen LogP contribution in [0.5, 0.6) is 5.75 Å². The first kappa shape index (κ1) is 18.4. The number of anilines is 1. The molecule has 0 aliphatic rings. The molecule has 1 amide bonds. The van der Waals surface area contributed by atoms with Crippen molar-refractivity contribution < 1.29 is 14.5 Å². The molecule has 0 fully saturated rings. The normalized spacial score (nSPS) is 12.9. The van der Waals surface area contributed by atoms with Crippen molar-refractivity contribution in [3.8, 4) is 5.75 Å². The lowest BCUT2D eigenvalue weighted by molar-refractivity contribution is -0.384. The maximum absolute atomic E-state index is 12.9. The van der Waals surface area contributed by atoms with Gasteiger partial charge >= 0.3 is 0 Å². The maximum Gasteiger partial charge on any atom is 0.271 e. The smallest absolute Gasteiger partial charge is 0.271 e. The van der Waals surface area contributed by atoms with Gasteiger partial charge in [0.25, 0.3) is 5.69 Å². The van der Waals surface area contributed by atoms with E-state index in [4.69, 9.17) is 4.74 Å². The van der Waals surface area contributed by atoms with Crippen LogP contribution < -0.4 is 10.1 Å². The van der Waals surface area contributed by atoms with Crippen molar-refractivity contribution >= 4 is 17.3 Å². The molecule has 0 heterocycles. The number of ether oxygens (including phenoxy) is 1. The van der Waals surface area contributed by atoms with Gasteiger partial charge in [0.2, 0.25) is 5.91 Å². The summed E-state index contributed by atoms with van der Waals surface area (Å²) < 4.78 is 5.22. The lowest BCUT2D eigenvalue weighted by atomic mass is 9.85. The minimum Gasteiger partial charge on any atom is -0.495 e. The summed E-state index contributed by atoms with van der Waals surface area (Å²) >= 11 is 0. The molecule has 6 nitrogen and oxygen atoms in total. The number of nitrogens with one attached hydrogen (secondary N) is 1. The van der Waals surface area contributed by atoms with Gasteiger partial charge in [-0.2, -0.15) is 0 Å². The van der Waals surface area contributed by atoms with Gasteiger partial charge in [0.1, 0.15) is 5.75 Å². The van der Waals surface area contributed by atoms with Gasteiger partial charge in [0.15, 0.2) is 0 Å². The standard InChI is InChI=1S/C19H22N2O4/c1-4-13(2)18(14-8-6-5-7-9-14)19(22)20-16-12-15(21(23)24)10-11-17(16)25-3/h5-13,18H,4H2,1-3H3,(H,20,22)/t13-,18-/m0/s1. The number of rotatable bonds is 7. The molecule has 132 valence electrons. The number of carbonyl (C=O) groups is 1. The van der Waals surface area contributed by atoms with Crippen molar-refractivity contribution in [2.24, 2.45) is 5.92 Å². The van der Waals surface area contributed by atoms with E-state index in [1.165, 1.54) is 25.3 Å². The average molecular weight is 342 g/mol. The van der Waals surface area contributed by atoms with Crippen LogP contribution >= 0.6 is 0 Å². The summed E-state index contributed by atoms with van der Waals surface area (Å²) in [5, 5.41) is 13.8. The third-order valence-electron chi connectivity index (χ3n) is 4.31. The Labute approximate surface area is 147 Å². The van der Waals surface area contributed by atoms with Crippen LogP contribution in [0.25, 0.3) is 0 Å². The molecule has 0 radical (unpaired) electrons. The fraction of sp³-hybridized carbons (Fsp3) is 0.316. The molecule has 0 aromatic heterocycles. The quantitative estimate of drug-likeness (QED) is 0.598. The molecule has 2 rings (SSSR count). The number of nitro benzene ring substituents is 1. The maximum atomic E-state index is 12.9. The van der Waals surface area contributed by atoms with Crippen LogP contribution in [0.3, 0.4) is 0 Å². The number of benzene rings is 2. The highest BCUT2D eigenvalue weighted by Crippen LogP contribution is 2.32. The van der Waals surface area contributed by atoms with Crippen molar-refractivity contribution in [1.82, 2.24) is 0 Å². The van der Waals surface area contributed by atoms with Gasteiger partial charge in [-0.15, -0.1) is 0 Å². The van der Waals surface area contributed by atoms with E-state index in [1.54, 1.807) is 0 Å². The molecule has 0 saturated carbocycles. The molecule has 2 atom stereocenters. The zero-order valence-electron chi connectivity index (χ0n) is 14.6. The molecule has 0 saturated heterocycles. The fourth-order valence-corrected chi connectivity index (χ4v) is 2.75. The van der Waals surface area contributed by atoms with Crippen LogP contribution in [0, 0.1) is 16.0 Å². The molecule has 0 spiro atoms. The van der Waals surface area contributed by atoms with E-state index in [0.29, 0.717) is 11.4 Å². The molecule has 2 aromatic rings.